The molecule has 0 bridgehead atoms. The number of imidazole rings is 1. The molecule has 1 aromatic carbocycles. The van der Waals surface area contributed by atoms with Gasteiger partial charge in [0.15, 0.2) is 0 Å². The normalized spacial score (nSPS) is 15.6. The molecule has 1 N–H and O–H groups in total. The second kappa shape index (κ2) is 5.50. The van der Waals surface area contributed by atoms with Crippen molar-refractivity contribution in [2.45, 2.75) is 45.6 Å². The fourth-order valence-corrected chi connectivity index (χ4v) is 3.76. The number of aliphatic hydroxyl groups excluding tert-OH is 1. The van der Waals surface area contributed by atoms with Crippen LogP contribution in [0.2, 0.25) is 0 Å². The summed E-state index contributed by atoms with van der Waals surface area (Å²) in [6.07, 6.45) is 4.34. The van der Waals surface area contributed by atoms with Gasteiger partial charge in [-0.3, -0.25) is 4.40 Å². The average Bonchev–Trinajstić information content (AvgIpc) is 2.95. The molecule has 1 atom stereocenters. The van der Waals surface area contributed by atoms with Crippen LogP contribution in [0.3, 0.4) is 0 Å². The van der Waals surface area contributed by atoms with Gasteiger partial charge in [0.05, 0.1) is 17.5 Å². The van der Waals surface area contributed by atoms with Crippen molar-refractivity contribution < 1.29 is 5.11 Å². The highest BCUT2D eigenvalue weighted by Gasteiger charge is 2.20. The van der Waals surface area contributed by atoms with E-state index in [1.165, 1.54) is 30.4 Å². The number of fused-ring (bicyclic) bond motifs is 2. The molecule has 0 amide bonds. The largest absolute Gasteiger partial charge is 0.387 e. The Labute approximate surface area is 136 Å². The molecule has 0 radical (unpaired) electrons. The fraction of sp³-hybridized carbons (Fsp3) is 0.350. The van der Waals surface area contributed by atoms with Gasteiger partial charge in [-0.25, -0.2) is 4.98 Å². The van der Waals surface area contributed by atoms with E-state index in [2.05, 4.69) is 35.6 Å². The summed E-state index contributed by atoms with van der Waals surface area (Å²) in [6.45, 7) is 3.87. The summed E-state index contributed by atoms with van der Waals surface area (Å²) in [5.74, 6) is 0. The third-order valence-corrected chi connectivity index (χ3v) is 4.89. The van der Waals surface area contributed by atoms with Crippen LogP contribution in [0.25, 0.3) is 16.9 Å². The molecule has 4 rings (SSSR count). The summed E-state index contributed by atoms with van der Waals surface area (Å²) in [6, 6.07) is 12.7. The van der Waals surface area contributed by atoms with E-state index in [4.69, 9.17) is 4.98 Å². The molecule has 1 unspecified atom stereocenters. The second-order valence-corrected chi connectivity index (χ2v) is 6.57. The van der Waals surface area contributed by atoms with Crippen molar-refractivity contribution in [3.63, 3.8) is 0 Å². The first-order valence-electron chi connectivity index (χ1n) is 8.43. The van der Waals surface area contributed by atoms with Crippen molar-refractivity contribution in [2.75, 3.05) is 0 Å². The number of aliphatic hydroxyl groups is 1. The molecular weight excluding hydrogens is 284 g/mol. The number of aromatic nitrogens is 2. The molecule has 3 heteroatoms. The summed E-state index contributed by atoms with van der Waals surface area (Å²) in [4.78, 5) is 4.82. The molecule has 2 heterocycles. The van der Waals surface area contributed by atoms with E-state index in [9.17, 15) is 5.11 Å². The van der Waals surface area contributed by atoms with Crippen molar-refractivity contribution in [1.29, 1.82) is 0 Å². The molecule has 3 nitrogen and oxygen atoms in total. The van der Waals surface area contributed by atoms with Crippen LogP contribution in [0.1, 0.15) is 48.4 Å². The van der Waals surface area contributed by atoms with Crippen LogP contribution in [-0.4, -0.2) is 14.5 Å². The van der Waals surface area contributed by atoms with E-state index < -0.39 is 6.10 Å². The smallest absolute Gasteiger partial charge is 0.137 e. The number of hydrogen-bond acceptors (Lipinski definition) is 2. The summed E-state index contributed by atoms with van der Waals surface area (Å²) in [5.41, 5.74) is 7.81. The Balaban J connectivity index is 1.95. The topological polar surface area (TPSA) is 37.5 Å². The first-order chi connectivity index (χ1) is 11.1. The molecule has 118 valence electrons. The van der Waals surface area contributed by atoms with E-state index in [1.54, 1.807) is 0 Å². The van der Waals surface area contributed by atoms with Crippen LogP contribution in [0.4, 0.5) is 0 Å². The molecule has 1 aliphatic carbocycles. The zero-order valence-electron chi connectivity index (χ0n) is 13.7. The van der Waals surface area contributed by atoms with Crippen molar-refractivity contribution in [1.82, 2.24) is 9.38 Å². The molecule has 0 spiro atoms. The van der Waals surface area contributed by atoms with E-state index in [0.717, 1.165) is 34.7 Å². The minimum atomic E-state index is -0.558. The Morgan fingerprint density at radius 2 is 1.87 bits per heavy atom. The van der Waals surface area contributed by atoms with Crippen molar-refractivity contribution in [2.24, 2.45) is 0 Å². The van der Waals surface area contributed by atoms with Gasteiger partial charge in [0.1, 0.15) is 5.65 Å². The van der Waals surface area contributed by atoms with Gasteiger partial charge >= 0.3 is 0 Å². The summed E-state index contributed by atoms with van der Waals surface area (Å²) >= 11 is 0. The van der Waals surface area contributed by atoms with Gasteiger partial charge in [-0.1, -0.05) is 18.2 Å². The Bertz CT molecular complexity index is 877. The lowest BCUT2D eigenvalue weighted by Crippen LogP contribution is -2.04. The highest BCUT2D eigenvalue weighted by atomic mass is 16.3. The molecule has 1 aliphatic rings. The summed E-state index contributed by atoms with van der Waals surface area (Å²) in [7, 11) is 0. The Kier molecular flexibility index (Phi) is 3.46. The predicted molar refractivity (Wildman–Crippen MR) is 92.6 cm³/mol. The number of hydrogen-bond donors (Lipinski definition) is 1. The van der Waals surface area contributed by atoms with Crippen LogP contribution in [0.15, 0.2) is 36.4 Å². The van der Waals surface area contributed by atoms with Crippen molar-refractivity contribution in [3.8, 4) is 11.3 Å². The maximum absolute atomic E-state index is 10.4. The molecule has 0 saturated heterocycles. The van der Waals surface area contributed by atoms with E-state index in [0.29, 0.717) is 0 Å². The van der Waals surface area contributed by atoms with Crippen LogP contribution in [-0.2, 0) is 12.8 Å². The summed E-state index contributed by atoms with van der Waals surface area (Å²) < 4.78 is 2.07. The van der Waals surface area contributed by atoms with Crippen LogP contribution < -0.4 is 0 Å². The van der Waals surface area contributed by atoms with Gasteiger partial charge in [-0.15, -0.1) is 0 Å². The number of nitrogens with zero attached hydrogens (tertiary/aromatic N) is 2. The first-order valence-corrected chi connectivity index (χ1v) is 8.43. The highest BCUT2D eigenvalue weighted by molar-refractivity contribution is 5.68. The molecule has 0 fully saturated rings. The number of aryl methyl sites for hydroxylation is 3. The van der Waals surface area contributed by atoms with Gasteiger partial charge in [-0.2, -0.15) is 0 Å². The molecular formula is C20H22N2O. The average molecular weight is 306 g/mol. The van der Waals surface area contributed by atoms with Crippen LogP contribution in [0, 0.1) is 6.92 Å². The molecule has 0 aliphatic heterocycles. The molecule has 0 saturated carbocycles. The van der Waals surface area contributed by atoms with E-state index in [-0.39, 0.29) is 0 Å². The van der Waals surface area contributed by atoms with E-state index >= 15 is 0 Å². The lowest BCUT2D eigenvalue weighted by atomic mass is 9.89. The third-order valence-electron chi connectivity index (χ3n) is 4.89. The van der Waals surface area contributed by atoms with Crippen molar-refractivity contribution >= 4 is 5.65 Å². The quantitative estimate of drug-likeness (QED) is 0.769. The van der Waals surface area contributed by atoms with Crippen LogP contribution in [0.5, 0.6) is 0 Å². The Hall–Kier alpha value is -2.13. The van der Waals surface area contributed by atoms with Gasteiger partial charge in [-0.05, 0) is 68.9 Å². The van der Waals surface area contributed by atoms with Gasteiger partial charge in [0.2, 0.25) is 0 Å². The molecule has 23 heavy (non-hydrogen) atoms. The third kappa shape index (κ3) is 2.36. The maximum Gasteiger partial charge on any atom is 0.137 e. The number of benzene rings is 1. The highest BCUT2D eigenvalue weighted by Crippen LogP contribution is 2.32. The SMILES string of the molecule is Cc1cccc2nc(-c3ccc4c(c3)CCCC4)c(C(C)O)n12. The molecule has 2 aromatic heterocycles. The monoisotopic (exact) mass is 306 g/mol. The minimum absolute atomic E-state index is 0.558. The van der Waals surface area contributed by atoms with Crippen LogP contribution >= 0.6 is 0 Å². The predicted octanol–water partition coefficient (Wildman–Crippen LogP) is 4.24. The minimum Gasteiger partial charge on any atom is -0.387 e. The van der Waals surface area contributed by atoms with E-state index in [1.807, 2.05) is 19.1 Å². The Morgan fingerprint density at radius 3 is 2.65 bits per heavy atom. The number of rotatable bonds is 2. The Morgan fingerprint density at radius 1 is 1.09 bits per heavy atom. The van der Waals surface area contributed by atoms with Crippen molar-refractivity contribution in [3.05, 3.63) is 58.9 Å². The zero-order chi connectivity index (χ0) is 16.0. The van der Waals surface area contributed by atoms with Gasteiger partial charge < -0.3 is 5.11 Å². The maximum atomic E-state index is 10.4. The van der Waals surface area contributed by atoms with Gasteiger partial charge in [0.25, 0.3) is 0 Å². The second-order valence-electron chi connectivity index (χ2n) is 6.57. The fourth-order valence-electron chi connectivity index (χ4n) is 3.76. The van der Waals surface area contributed by atoms with Gasteiger partial charge in [0, 0.05) is 11.3 Å². The molecule has 3 aromatic rings. The lowest BCUT2D eigenvalue weighted by molar-refractivity contribution is 0.194. The first kappa shape index (κ1) is 14.5. The standard InChI is InChI=1S/C20H22N2O/c1-13-6-5-9-18-21-19(20(14(2)23)22(13)18)17-11-10-15-7-3-4-8-16(15)12-17/h5-6,9-12,14,23H,3-4,7-8H2,1-2H3. The lowest BCUT2D eigenvalue weighted by Gasteiger charge is -2.17. The number of pyridine rings is 1. The zero-order valence-corrected chi connectivity index (χ0v) is 13.7. The summed E-state index contributed by atoms with van der Waals surface area (Å²) in [5, 5.41) is 10.4.